The van der Waals surface area contributed by atoms with Gasteiger partial charge in [0.1, 0.15) is 6.29 Å². The van der Waals surface area contributed by atoms with Crippen molar-refractivity contribution in [1.82, 2.24) is 5.32 Å². The first kappa shape index (κ1) is 19.5. The topological polar surface area (TPSA) is 64.6 Å². The molecule has 0 saturated carbocycles. The zero-order chi connectivity index (χ0) is 18.9. The van der Waals surface area contributed by atoms with Crippen molar-refractivity contribution in [2.45, 2.75) is 33.2 Å². The molecule has 0 aliphatic carbocycles. The van der Waals surface area contributed by atoms with E-state index in [0.29, 0.717) is 23.7 Å². The first-order valence-electron chi connectivity index (χ1n) is 8.80. The summed E-state index contributed by atoms with van der Waals surface area (Å²) in [6.45, 7) is 6.20. The van der Waals surface area contributed by atoms with Gasteiger partial charge in [0.2, 0.25) is 0 Å². The van der Waals surface area contributed by atoms with Crippen LogP contribution in [0.25, 0.3) is 0 Å². The average molecular weight is 355 g/mol. The van der Waals surface area contributed by atoms with Crippen LogP contribution in [0.1, 0.15) is 48.3 Å². The van der Waals surface area contributed by atoms with Crippen molar-refractivity contribution in [3.05, 3.63) is 59.2 Å². The molecule has 26 heavy (non-hydrogen) atoms. The first-order chi connectivity index (χ1) is 12.6. The Morgan fingerprint density at radius 1 is 1.08 bits per heavy atom. The maximum absolute atomic E-state index is 12.2. The second kappa shape index (κ2) is 9.61. The smallest absolute Gasteiger partial charge is 0.258 e. The van der Waals surface area contributed by atoms with Gasteiger partial charge < -0.3 is 14.8 Å². The SMILES string of the molecule is CCOc1cc(C=O)ccc1OCC(=O)N[C@@H](C)c1ccc(CC)cc1. The van der Waals surface area contributed by atoms with Crippen molar-refractivity contribution < 1.29 is 19.1 Å². The molecule has 0 saturated heterocycles. The van der Waals surface area contributed by atoms with Gasteiger partial charge in [-0.3, -0.25) is 9.59 Å². The van der Waals surface area contributed by atoms with E-state index >= 15 is 0 Å². The van der Waals surface area contributed by atoms with Crippen LogP contribution in [0.4, 0.5) is 0 Å². The molecule has 0 spiro atoms. The third-order valence-electron chi connectivity index (χ3n) is 4.03. The van der Waals surface area contributed by atoms with Crippen LogP contribution in [0.5, 0.6) is 11.5 Å². The Morgan fingerprint density at radius 2 is 1.81 bits per heavy atom. The van der Waals surface area contributed by atoms with Gasteiger partial charge in [0.05, 0.1) is 12.6 Å². The molecular formula is C21H25NO4. The normalized spacial score (nSPS) is 11.5. The van der Waals surface area contributed by atoms with Crippen LogP contribution in [-0.4, -0.2) is 25.4 Å². The summed E-state index contributed by atoms with van der Waals surface area (Å²) in [6.07, 6.45) is 1.73. The van der Waals surface area contributed by atoms with Gasteiger partial charge in [0.15, 0.2) is 18.1 Å². The number of ether oxygens (including phenoxy) is 2. The largest absolute Gasteiger partial charge is 0.490 e. The number of rotatable bonds is 9. The molecule has 2 rings (SSSR count). The van der Waals surface area contributed by atoms with Crippen LogP contribution < -0.4 is 14.8 Å². The summed E-state index contributed by atoms with van der Waals surface area (Å²) in [6, 6.07) is 12.9. The van der Waals surface area contributed by atoms with Gasteiger partial charge >= 0.3 is 0 Å². The lowest BCUT2D eigenvalue weighted by Gasteiger charge is -2.16. The van der Waals surface area contributed by atoms with Crippen LogP contribution in [0.15, 0.2) is 42.5 Å². The number of carbonyl (C=O) groups is 2. The van der Waals surface area contributed by atoms with Crippen LogP contribution in [0, 0.1) is 0 Å². The molecule has 1 atom stereocenters. The van der Waals surface area contributed by atoms with E-state index in [1.807, 2.05) is 26.0 Å². The number of aldehydes is 1. The minimum absolute atomic E-state index is 0.110. The maximum atomic E-state index is 12.2. The molecule has 0 bridgehead atoms. The standard InChI is InChI=1S/C21H25NO4/c1-4-16-6-9-18(10-7-16)15(3)22-21(24)14-26-19-11-8-17(13-23)12-20(19)25-5-2/h6-13,15H,4-5,14H2,1-3H3,(H,22,24)/t15-/m0/s1. The molecule has 5 heteroatoms. The minimum Gasteiger partial charge on any atom is -0.490 e. The van der Waals surface area contributed by atoms with Crippen molar-refractivity contribution in [2.24, 2.45) is 0 Å². The van der Waals surface area contributed by atoms with Gasteiger partial charge in [0.25, 0.3) is 5.91 Å². The Kier molecular flexibility index (Phi) is 7.21. The van der Waals surface area contributed by atoms with Gasteiger partial charge in [0, 0.05) is 5.56 Å². The molecule has 0 aliphatic rings. The van der Waals surface area contributed by atoms with Gasteiger partial charge in [-0.2, -0.15) is 0 Å². The second-order valence-corrected chi connectivity index (χ2v) is 5.93. The molecular weight excluding hydrogens is 330 g/mol. The zero-order valence-corrected chi connectivity index (χ0v) is 15.5. The monoisotopic (exact) mass is 355 g/mol. The molecule has 2 aromatic rings. The predicted molar refractivity (Wildman–Crippen MR) is 101 cm³/mol. The second-order valence-electron chi connectivity index (χ2n) is 5.93. The molecule has 5 nitrogen and oxygen atoms in total. The highest BCUT2D eigenvalue weighted by atomic mass is 16.5. The van der Waals surface area contributed by atoms with Crippen molar-refractivity contribution in [2.75, 3.05) is 13.2 Å². The van der Waals surface area contributed by atoms with Gasteiger partial charge in [-0.25, -0.2) is 0 Å². The summed E-state index contributed by atoms with van der Waals surface area (Å²) in [5, 5.41) is 2.92. The lowest BCUT2D eigenvalue weighted by Crippen LogP contribution is -2.31. The van der Waals surface area contributed by atoms with Crippen molar-refractivity contribution >= 4 is 12.2 Å². The van der Waals surface area contributed by atoms with E-state index in [0.717, 1.165) is 18.3 Å². The summed E-state index contributed by atoms with van der Waals surface area (Å²) in [5.41, 5.74) is 2.80. The molecule has 0 fully saturated rings. The number of nitrogens with one attached hydrogen (secondary N) is 1. The third-order valence-corrected chi connectivity index (χ3v) is 4.03. The molecule has 0 aliphatic heterocycles. The first-order valence-corrected chi connectivity index (χ1v) is 8.80. The predicted octanol–water partition coefficient (Wildman–Crippen LogP) is 3.72. The highest BCUT2D eigenvalue weighted by Gasteiger charge is 2.12. The van der Waals surface area contributed by atoms with E-state index in [4.69, 9.17) is 9.47 Å². The third kappa shape index (κ3) is 5.34. The highest BCUT2D eigenvalue weighted by molar-refractivity contribution is 5.78. The van der Waals surface area contributed by atoms with E-state index in [1.165, 1.54) is 5.56 Å². The summed E-state index contributed by atoms with van der Waals surface area (Å²) in [7, 11) is 0. The van der Waals surface area contributed by atoms with Crippen LogP contribution in [0.2, 0.25) is 0 Å². The van der Waals surface area contributed by atoms with Crippen LogP contribution in [0.3, 0.4) is 0 Å². The highest BCUT2D eigenvalue weighted by Crippen LogP contribution is 2.28. The number of amides is 1. The number of benzene rings is 2. The molecule has 0 radical (unpaired) electrons. The van der Waals surface area contributed by atoms with Gasteiger partial charge in [-0.15, -0.1) is 0 Å². The Labute approximate surface area is 154 Å². The summed E-state index contributed by atoms with van der Waals surface area (Å²) in [5.74, 6) is 0.666. The molecule has 2 aromatic carbocycles. The summed E-state index contributed by atoms with van der Waals surface area (Å²) >= 11 is 0. The summed E-state index contributed by atoms with van der Waals surface area (Å²) < 4.78 is 11.0. The Bertz CT molecular complexity index is 740. The Balaban J connectivity index is 1.94. The fourth-order valence-electron chi connectivity index (χ4n) is 2.54. The van der Waals surface area contributed by atoms with Gasteiger partial charge in [-0.1, -0.05) is 31.2 Å². The minimum atomic E-state index is -0.223. The zero-order valence-electron chi connectivity index (χ0n) is 15.5. The lowest BCUT2D eigenvalue weighted by atomic mass is 10.1. The number of aryl methyl sites for hydroxylation is 1. The number of hydrogen-bond donors (Lipinski definition) is 1. The molecule has 0 unspecified atom stereocenters. The molecule has 1 N–H and O–H groups in total. The molecule has 0 aromatic heterocycles. The fraction of sp³-hybridized carbons (Fsp3) is 0.333. The van der Waals surface area contributed by atoms with Crippen LogP contribution in [-0.2, 0) is 11.2 Å². The quantitative estimate of drug-likeness (QED) is 0.696. The number of hydrogen-bond acceptors (Lipinski definition) is 4. The molecule has 0 heterocycles. The Morgan fingerprint density at radius 3 is 2.42 bits per heavy atom. The van der Waals surface area contributed by atoms with Gasteiger partial charge in [-0.05, 0) is 49.6 Å². The van der Waals surface area contributed by atoms with E-state index < -0.39 is 0 Å². The van der Waals surface area contributed by atoms with Crippen molar-refractivity contribution in [3.63, 3.8) is 0 Å². The molecule has 1 amide bonds. The van der Waals surface area contributed by atoms with E-state index in [-0.39, 0.29) is 18.6 Å². The van der Waals surface area contributed by atoms with E-state index in [1.54, 1.807) is 18.2 Å². The molecule has 138 valence electrons. The van der Waals surface area contributed by atoms with E-state index in [2.05, 4.69) is 24.4 Å². The van der Waals surface area contributed by atoms with Crippen LogP contribution >= 0.6 is 0 Å². The Hall–Kier alpha value is -2.82. The van der Waals surface area contributed by atoms with Crippen molar-refractivity contribution in [1.29, 1.82) is 0 Å². The average Bonchev–Trinajstić information content (AvgIpc) is 2.67. The maximum Gasteiger partial charge on any atom is 0.258 e. The lowest BCUT2D eigenvalue weighted by molar-refractivity contribution is -0.123. The van der Waals surface area contributed by atoms with E-state index in [9.17, 15) is 9.59 Å². The summed E-state index contributed by atoms with van der Waals surface area (Å²) in [4.78, 5) is 23.1. The fourth-order valence-corrected chi connectivity index (χ4v) is 2.54. The number of carbonyl (C=O) groups excluding carboxylic acids is 2. The van der Waals surface area contributed by atoms with Crippen molar-refractivity contribution in [3.8, 4) is 11.5 Å².